The van der Waals surface area contributed by atoms with Gasteiger partial charge in [0, 0.05) is 43.3 Å². The summed E-state index contributed by atoms with van der Waals surface area (Å²) in [5, 5.41) is 6.87. The average molecular weight is 511 g/mol. The van der Waals surface area contributed by atoms with Gasteiger partial charge >= 0.3 is 0 Å². The van der Waals surface area contributed by atoms with E-state index in [1.54, 1.807) is 0 Å². The van der Waals surface area contributed by atoms with Crippen molar-refractivity contribution in [1.82, 2.24) is 10.6 Å². The van der Waals surface area contributed by atoms with E-state index in [0.717, 1.165) is 37.8 Å². The Bertz CT molecular complexity index is 724. The Balaban J connectivity index is 0.00000280. The molecule has 0 bridgehead atoms. The van der Waals surface area contributed by atoms with Crippen LogP contribution in [0.2, 0.25) is 0 Å². The van der Waals surface area contributed by atoms with Gasteiger partial charge in [0.15, 0.2) is 5.96 Å². The molecule has 3 rings (SSSR count). The minimum atomic E-state index is 0. The molecule has 1 saturated heterocycles. The SMILES string of the molecule is CN=C(NCCSc1ccc(C)cc1)NCC1CCOC1c1ccccc1.I. The number of rotatable bonds is 7. The minimum absolute atomic E-state index is 0. The Labute approximate surface area is 190 Å². The number of hydrogen-bond acceptors (Lipinski definition) is 3. The van der Waals surface area contributed by atoms with E-state index in [-0.39, 0.29) is 30.1 Å². The van der Waals surface area contributed by atoms with E-state index in [4.69, 9.17) is 4.74 Å². The van der Waals surface area contributed by atoms with E-state index < -0.39 is 0 Å². The normalized spacial score (nSPS) is 19.1. The minimum Gasteiger partial charge on any atom is -0.373 e. The summed E-state index contributed by atoms with van der Waals surface area (Å²) in [5.41, 5.74) is 2.56. The molecule has 0 radical (unpaired) electrons. The summed E-state index contributed by atoms with van der Waals surface area (Å²) in [4.78, 5) is 5.65. The zero-order valence-electron chi connectivity index (χ0n) is 16.6. The van der Waals surface area contributed by atoms with Crippen LogP contribution in [0.5, 0.6) is 0 Å². The smallest absolute Gasteiger partial charge is 0.191 e. The van der Waals surface area contributed by atoms with Crippen LogP contribution < -0.4 is 10.6 Å². The lowest BCUT2D eigenvalue weighted by Gasteiger charge is -2.20. The van der Waals surface area contributed by atoms with Crippen molar-refractivity contribution in [2.45, 2.75) is 24.3 Å². The molecule has 1 aliphatic heterocycles. The molecule has 1 fully saturated rings. The largest absolute Gasteiger partial charge is 0.373 e. The van der Waals surface area contributed by atoms with E-state index in [9.17, 15) is 0 Å². The summed E-state index contributed by atoms with van der Waals surface area (Å²) in [6.45, 7) is 4.68. The second kappa shape index (κ2) is 12.3. The molecule has 2 aromatic rings. The molecule has 152 valence electrons. The van der Waals surface area contributed by atoms with Crippen molar-refractivity contribution in [3.63, 3.8) is 0 Å². The second-order valence-electron chi connectivity index (χ2n) is 6.79. The second-order valence-corrected chi connectivity index (χ2v) is 7.96. The predicted molar refractivity (Wildman–Crippen MR) is 130 cm³/mol. The van der Waals surface area contributed by atoms with Crippen LogP contribution in [0.3, 0.4) is 0 Å². The van der Waals surface area contributed by atoms with Gasteiger partial charge in [0.2, 0.25) is 0 Å². The number of halogens is 1. The summed E-state index contributed by atoms with van der Waals surface area (Å²) in [6.07, 6.45) is 1.25. The van der Waals surface area contributed by atoms with Gasteiger partial charge in [0.25, 0.3) is 0 Å². The molecule has 6 heteroatoms. The summed E-state index contributed by atoms with van der Waals surface area (Å²) >= 11 is 1.86. The van der Waals surface area contributed by atoms with E-state index in [1.807, 2.05) is 24.9 Å². The Morgan fingerprint density at radius 1 is 1.11 bits per heavy atom. The Morgan fingerprint density at radius 2 is 1.86 bits per heavy atom. The maximum absolute atomic E-state index is 5.97. The van der Waals surface area contributed by atoms with Gasteiger partial charge in [0.1, 0.15) is 0 Å². The third-order valence-corrected chi connectivity index (χ3v) is 5.80. The number of aliphatic imine (C=N–C) groups is 1. The first-order chi connectivity index (χ1) is 13.3. The number of nitrogens with one attached hydrogen (secondary N) is 2. The number of ether oxygens (including phenoxy) is 1. The summed E-state index contributed by atoms with van der Waals surface area (Å²) in [7, 11) is 1.82. The summed E-state index contributed by atoms with van der Waals surface area (Å²) in [6, 6.07) is 19.2. The van der Waals surface area contributed by atoms with Gasteiger partial charge in [-0.1, -0.05) is 48.0 Å². The Hall–Kier alpha value is -1.25. The average Bonchev–Trinajstić information content (AvgIpc) is 3.18. The first-order valence-corrected chi connectivity index (χ1v) is 10.6. The van der Waals surface area contributed by atoms with Gasteiger partial charge in [0.05, 0.1) is 6.10 Å². The number of aryl methyl sites for hydroxylation is 1. The van der Waals surface area contributed by atoms with Gasteiger partial charge in [-0.25, -0.2) is 0 Å². The monoisotopic (exact) mass is 511 g/mol. The molecular formula is C22H30IN3OS. The van der Waals surface area contributed by atoms with Crippen molar-refractivity contribution in [3.05, 3.63) is 65.7 Å². The van der Waals surface area contributed by atoms with Crippen LogP contribution in [-0.4, -0.2) is 38.5 Å². The van der Waals surface area contributed by atoms with Crippen molar-refractivity contribution >= 4 is 41.7 Å². The zero-order valence-corrected chi connectivity index (χ0v) is 19.7. The number of hydrogen-bond donors (Lipinski definition) is 2. The highest BCUT2D eigenvalue weighted by Crippen LogP contribution is 2.33. The highest BCUT2D eigenvalue weighted by atomic mass is 127. The maximum Gasteiger partial charge on any atom is 0.191 e. The summed E-state index contributed by atoms with van der Waals surface area (Å²) in [5.74, 6) is 2.33. The van der Waals surface area contributed by atoms with Crippen molar-refractivity contribution in [2.24, 2.45) is 10.9 Å². The topological polar surface area (TPSA) is 45.7 Å². The van der Waals surface area contributed by atoms with Crippen LogP contribution in [0, 0.1) is 12.8 Å². The van der Waals surface area contributed by atoms with E-state index in [1.165, 1.54) is 16.0 Å². The molecule has 0 amide bonds. The third kappa shape index (κ3) is 6.97. The lowest BCUT2D eigenvalue weighted by atomic mass is 9.95. The fourth-order valence-electron chi connectivity index (χ4n) is 3.28. The van der Waals surface area contributed by atoms with Gasteiger partial charge in [-0.05, 0) is 31.0 Å². The van der Waals surface area contributed by atoms with Gasteiger partial charge < -0.3 is 15.4 Å². The molecule has 0 spiro atoms. The molecule has 2 aromatic carbocycles. The number of guanidine groups is 1. The molecule has 0 aliphatic carbocycles. The quantitative estimate of drug-likeness (QED) is 0.187. The van der Waals surface area contributed by atoms with Crippen LogP contribution in [0.1, 0.15) is 23.7 Å². The Morgan fingerprint density at radius 3 is 2.57 bits per heavy atom. The van der Waals surface area contributed by atoms with E-state index >= 15 is 0 Å². The van der Waals surface area contributed by atoms with Crippen molar-refractivity contribution in [2.75, 3.05) is 32.5 Å². The lowest BCUT2D eigenvalue weighted by Crippen LogP contribution is -2.41. The van der Waals surface area contributed by atoms with Gasteiger partial charge in [-0.2, -0.15) is 0 Å². The van der Waals surface area contributed by atoms with Crippen molar-refractivity contribution in [1.29, 1.82) is 0 Å². The zero-order chi connectivity index (χ0) is 18.9. The number of nitrogens with zero attached hydrogens (tertiary/aromatic N) is 1. The van der Waals surface area contributed by atoms with Crippen molar-refractivity contribution in [3.8, 4) is 0 Å². The first-order valence-electron chi connectivity index (χ1n) is 9.57. The third-order valence-electron chi connectivity index (χ3n) is 4.78. The fraction of sp³-hybridized carbons (Fsp3) is 0.409. The standard InChI is InChI=1S/C22H29N3OS.HI/c1-17-8-10-20(11-9-17)27-15-13-24-22(23-2)25-16-19-12-14-26-21(19)18-6-4-3-5-7-18;/h3-11,19,21H,12-16H2,1-2H3,(H2,23,24,25);1H. The maximum atomic E-state index is 5.97. The lowest BCUT2D eigenvalue weighted by molar-refractivity contribution is 0.0915. The number of thioether (sulfide) groups is 1. The highest BCUT2D eigenvalue weighted by Gasteiger charge is 2.29. The van der Waals surface area contributed by atoms with E-state index in [0.29, 0.717) is 5.92 Å². The van der Waals surface area contributed by atoms with Crippen molar-refractivity contribution < 1.29 is 4.74 Å². The predicted octanol–water partition coefficient (Wildman–Crippen LogP) is 4.65. The number of benzene rings is 2. The fourth-order valence-corrected chi connectivity index (χ4v) is 4.04. The molecule has 4 nitrogen and oxygen atoms in total. The molecule has 2 unspecified atom stereocenters. The van der Waals surface area contributed by atoms with Crippen LogP contribution in [0.4, 0.5) is 0 Å². The molecular weight excluding hydrogens is 481 g/mol. The Kier molecular flexibility index (Phi) is 10.2. The highest BCUT2D eigenvalue weighted by molar-refractivity contribution is 14.0. The molecule has 1 heterocycles. The molecule has 28 heavy (non-hydrogen) atoms. The summed E-state index contributed by atoms with van der Waals surface area (Å²) < 4.78 is 5.97. The molecule has 2 atom stereocenters. The van der Waals surface area contributed by atoms with Gasteiger partial charge in [-0.15, -0.1) is 35.7 Å². The molecule has 2 N–H and O–H groups in total. The molecule has 0 saturated carbocycles. The van der Waals surface area contributed by atoms with Gasteiger partial charge in [-0.3, -0.25) is 4.99 Å². The molecule has 0 aromatic heterocycles. The van der Waals surface area contributed by atoms with Crippen LogP contribution >= 0.6 is 35.7 Å². The van der Waals surface area contributed by atoms with E-state index in [2.05, 4.69) is 71.1 Å². The first kappa shape index (κ1) is 23.0. The molecule has 1 aliphatic rings. The van der Waals surface area contributed by atoms with Crippen LogP contribution in [0.25, 0.3) is 0 Å². The van der Waals surface area contributed by atoms with Crippen LogP contribution in [0.15, 0.2) is 64.5 Å². The van der Waals surface area contributed by atoms with Crippen LogP contribution in [-0.2, 0) is 4.74 Å².